The number of nitrogens with one attached hydrogen (secondary N) is 1. The summed E-state index contributed by atoms with van der Waals surface area (Å²) in [5.74, 6) is 0.462. The minimum Gasteiger partial charge on any atom is -0.489 e. The van der Waals surface area contributed by atoms with Gasteiger partial charge in [-0.2, -0.15) is 5.10 Å². The molecular weight excluding hydrogens is 445 g/mol. The first kappa shape index (κ1) is 22.2. The van der Waals surface area contributed by atoms with Gasteiger partial charge < -0.3 is 9.64 Å². The second-order valence-electron chi connectivity index (χ2n) is 7.53. The predicted molar refractivity (Wildman–Crippen MR) is 130 cm³/mol. The molecule has 0 aromatic heterocycles. The van der Waals surface area contributed by atoms with Crippen LogP contribution in [0.4, 0.5) is 5.69 Å². The molecule has 5 nitrogen and oxygen atoms in total. The van der Waals surface area contributed by atoms with Gasteiger partial charge in [0, 0.05) is 39.9 Å². The topological polar surface area (TPSA) is 53.9 Å². The molecule has 0 atom stereocenters. The normalized spacial score (nSPS) is 13.5. The summed E-state index contributed by atoms with van der Waals surface area (Å²) in [4.78, 5) is 14.6. The van der Waals surface area contributed by atoms with Crippen molar-refractivity contribution in [2.75, 3.05) is 18.0 Å². The highest BCUT2D eigenvalue weighted by atomic mass is 35.5. The van der Waals surface area contributed by atoms with Crippen molar-refractivity contribution in [2.45, 2.75) is 19.4 Å². The van der Waals surface area contributed by atoms with Crippen LogP contribution in [0.15, 0.2) is 71.8 Å². The lowest BCUT2D eigenvalue weighted by atomic mass is 10.2. The summed E-state index contributed by atoms with van der Waals surface area (Å²) in [6.07, 6.45) is 4.04. The zero-order chi connectivity index (χ0) is 22.3. The lowest BCUT2D eigenvalue weighted by molar-refractivity contribution is 0.0955. The van der Waals surface area contributed by atoms with Crippen molar-refractivity contribution in [1.82, 2.24) is 5.43 Å². The number of hydrogen-bond donors (Lipinski definition) is 1. The van der Waals surface area contributed by atoms with E-state index in [-0.39, 0.29) is 5.91 Å². The van der Waals surface area contributed by atoms with Crippen LogP contribution < -0.4 is 15.1 Å². The Morgan fingerprint density at radius 1 is 1.00 bits per heavy atom. The first-order chi connectivity index (χ1) is 15.6. The molecule has 7 heteroatoms. The van der Waals surface area contributed by atoms with E-state index in [1.54, 1.807) is 18.3 Å². The quantitative estimate of drug-likeness (QED) is 0.345. The van der Waals surface area contributed by atoms with Gasteiger partial charge in [-0.15, -0.1) is 0 Å². The Labute approximate surface area is 197 Å². The summed E-state index contributed by atoms with van der Waals surface area (Å²) in [5.41, 5.74) is 6.00. The fourth-order valence-electron chi connectivity index (χ4n) is 3.48. The minimum absolute atomic E-state index is 0.242. The standard InChI is InChI=1S/C25H23Cl2N3O2/c26-21-8-5-20(24(27)15-21)17-32-23-11-3-18(4-12-23)16-28-29-25(31)19-6-9-22(10-7-19)30-13-1-2-14-30/h3-12,15-16H,1-2,13-14,17H2,(H,29,31)/b28-16-. The molecule has 1 aliphatic heterocycles. The molecule has 0 saturated carbocycles. The van der Waals surface area contributed by atoms with Crippen LogP contribution in [0.3, 0.4) is 0 Å². The van der Waals surface area contributed by atoms with Gasteiger partial charge in [-0.3, -0.25) is 4.79 Å². The van der Waals surface area contributed by atoms with E-state index in [0.29, 0.717) is 28.0 Å². The number of halogens is 2. The molecule has 1 N–H and O–H groups in total. The lowest BCUT2D eigenvalue weighted by Gasteiger charge is -2.17. The first-order valence-corrected chi connectivity index (χ1v) is 11.2. The van der Waals surface area contributed by atoms with Gasteiger partial charge in [-0.05, 0) is 79.1 Å². The molecule has 32 heavy (non-hydrogen) atoms. The molecule has 0 unspecified atom stereocenters. The zero-order valence-corrected chi connectivity index (χ0v) is 18.9. The van der Waals surface area contributed by atoms with Crippen molar-refractivity contribution in [3.63, 3.8) is 0 Å². The van der Waals surface area contributed by atoms with Crippen LogP contribution in [0.5, 0.6) is 5.75 Å². The van der Waals surface area contributed by atoms with Gasteiger partial charge in [0.05, 0.1) is 6.21 Å². The second kappa shape index (κ2) is 10.5. The van der Waals surface area contributed by atoms with Gasteiger partial charge in [0.15, 0.2) is 0 Å². The number of anilines is 1. The van der Waals surface area contributed by atoms with Gasteiger partial charge in [-0.25, -0.2) is 5.43 Å². The average Bonchev–Trinajstić information content (AvgIpc) is 3.34. The Kier molecular flexibility index (Phi) is 7.30. The average molecular weight is 468 g/mol. The largest absolute Gasteiger partial charge is 0.489 e. The number of hydrazone groups is 1. The van der Waals surface area contributed by atoms with Crippen molar-refractivity contribution in [3.05, 3.63) is 93.5 Å². The van der Waals surface area contributed by atoms with E-state index in [2.05, 4.69) is 15.4 Å². The highest BCUT2D eigenvalue weighted by molar-refractivity contribution is 6.35. The Morgan fingerprint density at radius 2 is 1.72 bits per heavy atom. The lowest BCUT2D eigenvalue weighted by Crippen LogP contribution is -2.19. The highest BCUT2D eigenvalue weighted by Crippen LogP contribution is 2.23. The molecule has 1 heterocycles. The van der Waals surface area contributed by atoms with E-state index in [1.165, 1.54) is 12.8 Å². The summed E-state index contributed by atoms with van der Waals surface area (Å²) in [6, 6.07) is 20.3. The van der Waals surface area contributed by atoms with Crippen LogP contribution in [0.25, 0.3) is 0 Å². The SMILES string of the molecule is O=C(N/N=C\c1ccc(OCc2ccc(Cl)cc2Cl)cc1)c1ccc(N2CCCC2)cc1. The van der Waals surface area contributed by atoms with Crippen LogP contribution in [0.2, 0.25) is 10.0 Å². The maximum atomic E-state index is 12.3. The monoisotopic (exact) mass is 467 g/mol. The summed E-state index contributed by atoms with van der Waals surface area (Å²) in [6.45, 7) is 2.50. The number of rotatable bonds is 7. The molecule has 3 aromatic carbocycles. The van der Waals surface area contributed by atoms with E-state index >= 15 is 0 Å². The number of carbonyl (C=O) groups excluding carboxylic acids is 1. The summed E-state index contributed by atoms with van der Waals surface area (Å²) in [5, 5.41) is 5.22. The van der Waals surface area contributed by atoms with Crippen molar-refractivity contribution >= 4 is 41.0 Å². The third kappa shape index (κ3) is 5.81. The molecule has 0 radical (unpaired) electrons. The minimum atomic E-state index is -0.242. The van der Waals surface area contributed by atoms with E-state index in [1.807, 2.05) is 54.6 Å². The Bertz CT molecular complexity index is 1090. The maximum absolute atomic E-state index is 12.3. The number of nitrogens with zero attached hydrogens (tertiary/aromatic N) is 2. The molecule has 4 rings (SSSR count). The molecule has 0 spiro atoms. The second-order valence-corrected chi connectivity index (χ2v) is 8.38. The predicted octanol–water partition coefficient (Wildman–Crippen LogP) is 5.94. The molecule has 3 aromatic rings. The Balaban J connectivity index is 1.27. The van der Waals surface area contributed by atoms with Gasteiger partial charge in [0.1, 0.15) is 12.4 Å². The van der Waals surface area contributed by atoms with Gasteiger partial charge >= 0.3 is 0 Å². The molecule has 0 aliphatic carbocycles. The van der Waals surface area contributed by atoms with Crippen molar-refractivity contribution in [2.24, 2.45) is 5.10 Å². The van der Waals surface area contributed by atoms with Crippen molar-refractivity contribution in [3.8, 4) is 5.75 Å². The molecule has 164 valence electrons. The number of ether oxygens (including phenoxy) is 1. The van der Waals surface area contributed by atoms with Crippen LogP contribution in [-0.4, -0.2) is 25.2 Å². The van der Waals surface area contributed by atoms with Gasteiger partial charge in [-0.1, -0.05) is 29.3 Å². The summed E-state index contributed by atoms with van der Waals surface area (Å²) in [7, 11) is 0. The number of amides is 1. The fraction of sp³-hybridized carbons (Fsp3) is 0.200. The third-order valence-corrected chi connectivity index (χ3v) is 5.86. The van der Waals surface area contributed by atoms with Crippen molar-refractivity contribution in [1.29, 1.82) is 0 Å². The zero-order valence-electron chi connectivity index (χ0n) is 17.4. The molecular formula is C25H23Cl2N3O2. The van der Waals surface area contributed by atoms with Crippen LogP contribution in [0.1, 0.15) is 34.3 Å². The molecule has 1 fully saturated rings. The number of benzene rings is 3. The first-order valence-electron chi connectivity index (χ1n) is 10.4. The fourth-order valence-corrected chi connectivity index (χ4v) is 3.94. The van der Waals surface area contributed by atoms with Crippen LogP contribution in [-0.2, 0) is 6.61 Å². The van der Waals surface area contributed by atoms with Gasteiger partial charge in [0.2, 0.25) is 0 Å². The third-order valence-electron chi connectivity index (χ3n) is 5.27. The molecule has 1 aliphatic rings. The van der Waals surface area contributed by atoms with Gasteiger partial charge in [0.25, 0.3) is 5.91 Å². The Morgan fingerprint density at radius 3 is 2.41 bits per heavy atom. The molecule has 0 bridgehead atoms. The number of hydrogen-bond acceptors (Lipinski definition) is 4. The summed E-state index contributed by atoms with van der Waals surface area (Å²) < 4.78 is 5.77. The number of carbonyl (C=O) groups is 1. The summed E-state index contributed by atoms with van der Waals surface area (Å²) >= 11 is 12.1. The maximum Gasteiger partial charge on any atom is 0.271 e. The van der Waals surface area contributed by atoms with E-state index in [0.717, 1.165) is 29.9 Å². The van der Waals surface area contributed by atoms with Crippen molar-refractivity contribution < 1.29 is 9.53 Å². The smallest absolute Gasteiger partial charge is 0.271 e. The van der Waals surface area contributed by atoms with E-state index in [9.17, 15) is 4.79 Å². The molecule has 1 saturated heterocycles. The van der Waals surface area contributed by atoms with Crippen LogP contribution in [0, 0.1) is 0 Å². The Hall–Kier alpha value is -3.02. The molecule has 1 amide bonds. The van der Waals surface area contributed by atoms with Crippen LogP contribution >= 0.6 is 23.2 Å². The highest BCUT2D eigenvalue weighted by Gasteiger charge is 2.12. The van der Waals surface area contributed by atoms with E-state index in [4.69, 9.17) is 27.9 Å². The van der Waals surface area contributed by atoms with E-state index < -0.39 is 0 Å².